The molecule has 140 valence electrons. The summed E-state index contributed by atoms with van der Waals surface area (Å²) in [6.07, 6.45) is 1.80. The van der Waals surface area contributed by atoms with Crippen LogP contribution in [0.1, 0.15) is 26.3 Å². The van der Waals surface area contributed by atoms with Gasteiger partial charge < -0.3 is 5.32 Å². The van der Waals surface area contributed by atoms with E-state index >= 15 is 0 Å². The van der Waals surface area contributed by atoms with E-state index in [9.17, 15) is 0 Å². The number of aromatic nitrogens is 1. The van der Waals surface area contributed by atoms with E-state index in [1.165, 1.54) is 5.56 Å². The third kappa shape index (κ3) is 5.10. The summed E-state index contributed by atoms with van der Waals surface area (Å²) in [5.41, 5.74) is 2.26. The van der Waals surface area contributed by atoms with E-state index < -0.39 is 0 Å². The lowest BCUT2D eigenvalue weighted by Gasteiger charge is -2.42. The Labute approximate surface area is 166 Å². The minimum absolute atomic E-state index is 0.235. The number of hydrogen-bond donors (Lipinski definition) is 1. The van der Waals surface area contributed by atoms with Crippen molar-refractivity contribution >= 4 is 34.7 Å². The van der Waals surface area contributed by atoms with Crippen molar-refractivity contribution in [3.63, 3.8) is 0 Å². The second-order valence-electron chi connectivity index (χ2n) is 7.73. The zero-order chi connectivity index (χ0) is 18.7. The second-order valence-corrected chi connectivity index (χ2v) is 8.60. The number of rotatable bonds is 4. The van der Waals surface area contributed by atoms with E-state index in [2.05, 4.69) is 46.9 Å². The van der Waals surface area contributed by atoms with Crippen LogP contribution in [-0.4, -0.2) is 46.5 Å². The van der Waals surface area contributed by atoms with Gasteiger partial charge in [-0.1, -0.05) is 29.3 Å². The summed E-state index contributed by atoms with van der Waals surface area (Å²) < 4.78 is 0. The average Bonchev–Trinajstić information content (AvgIpc) is 2.55. The Morgan fingerprint density at radius 2 is 1.69 bits per heavy atom. The van der Waals surface area contributed by atoms with Crippen molar-refractivity contribution in [3.05, 3.63) is 52.1 Å². The molecule has 4 nitrogen and oxygen atoms in total. The van der Waals surface area contributed by atoms with Crippen molar-refractivity contribution in [2.45, 2.75) is 32.9 Å². The van der Waals surface area contributed by atoms with Crippen LogP contribution >= 0.6 is 23.2 Å². The first-order valence-corrected chi connectivity index (χ1v) is 9.71. The predicted molar refractivity (Wildman–Crippen MR) is 111 cm³/mol. The maximum absolute atomic E-state index is 6.10. The van der Waals surface area contributed by atoms with Gasteiger partial charge in [-0.05, 0) is 45.0 Å². The molecule has 26 heavy (non-hydrogen) atoms. The summed E-state index contributed by atoms with van der Waals surface area (Å²) in [4.78, 5) is 9.54. The Hall–Kier alpha value is -1.33. The maximum Gasteiger partial charge on any atom is 0.134 e. The van der Waals surface area contributed by atoms with Gasteiger partial charge in [0, 0.05) is 65.8 Å². The Morgan fingerprint density at radius 1 is 1.04 bits per heavy atom. The molecule has 1 fully saturated rings. The summed E-state index contributed by atoms with van der Waals surface area (Å²) in [7, 11) is 0. The first-order chi connectivity index (χ1) is 12.3. The van der Waals surface area contributed by atoms with Gasteiger partial charge in [0.05, 0.1) is 0 Å². The number of hydrogen-bond acceptors (Lipinski definition) is 4. The van der Waals surface area contributed by atoms with E-state index in [1.54, 1.807) is 12.3 Å². The van der Waals surface area contributed by atoms with Gasteiger partial charge in [0.2, 0.25) is 0 Å². The van der Waals surface area contributed by atoms with E-state index in [0.29, 0.717) is 10.0 Å². The molecule has 1 aliphatic heterocycles. The van der Waals surface area contributed by atoms with Gasteiger partial charge in [0.1, 0.15) is 5.82 Å². The summed E-state index contributed by atoms with van der Waals surface area (Å²) >= 11 is 12.2. The van der Waals surface area contributed by atoms with Gasteiger partial charge in [0.25, 0.3) is 0 Å². The largest absolute Gasteiger partial charge is 0.340 e. The highest BCUT2D eigenvalue weighted by Crippen LogP contribution is 2.26. The molecule has 1 aromatic heterocycles. The molecule has 6 heteroatoms. The van der Waals surface area contributed by atoms with Crippen LogP contribution in [0.5, 0.6) is 0 Å². The fraction of sp³-hybridized carbons (Fsp3) is 0.450. The number of halogens is 2. The van der Waals surface area contributed by atoms with Gasteiger partial charge in [0.15, 0.2) is 0 Å². The monoisotopic (exact) mass is 392 g/mol. The summed E-state index contributed by atoms with van der Waals surface area (Å²) in [6.45, 7) is 12.0. The molecule has 0 atom stereocenters. The van der Waals surface area contributed by atoms with Crippen molar-refractivity contribution in [2.75, 3.05) is 31.5 Å². The molecule has 2 heterocycles. The minimum Gasteiger partial charge on any atom is -0.340 e. The van der Waals surface area contributed by atoms with Crippen LogP contribution in [0, 0.1) is 0 Å². The molecule has 0 saturated carbocycles. The predicted octanol–water partition coefficient (Wildman–Crippen LogP) is 5.05. The Bertz CT molecular complexity index is 729. The van der Waals surface area contributed by atoms with Gasteiger partial charge in [-0.2, -0.15) is 0 Å². The molecule has 0 amide bonds. The fourth-order valence-corrected chi connectivity index (χ4v) is 3.79. The van der Waals surface area contributed by atoms with Crippen LogP contribution in [0.25, 0.3) is 0 Å². The molecule has 2 aromatic rings. The third-order valence-corrected chi connectivity index (χ3v) is 5.17. The number of benzene rings is 1. The number of nitrogens with one attached hydrogen (secondary N) is 1. The van der Waals surface area contributed by atoms with Crippen molar-refractivity contribution in [3.8, 4) is 0 Å². The molecule has 3 rings (SSSR count). The fourth-order valence-electron chi connectivity index (χ4n) is 3.26. The normalized spacial score (nSPS) is 16.7. The molecule has 1 N–H and O–H groups in total. The summed E-state index contributed by atoms with van der Waals surface area (Å²) in [5, 5.41) is 4.57. The minimum atomic E-state index is 0.235. The number of piperazine rings is 1. The number of anilines is 2. The number of pyridine rings is 1. The highest BCUT2D eigenvalue weighted by atomic mass is 35.5. The molecular formula is C20H26Cl2N4. The first kappa shape index (κ1) is 19.4. The average molecular weight is 393 g/mol. The zero-order valence-electron chi connectivity index (χ0n) is 15.6. The van der Waals surface area contributed by atoms with Crippen LogP contribution in [0.3, 0.4) is 0 Å². The molecule has 1 aromatic carbocycles. The molecule has 1 saturated heterocycles. The summed E-state index contributed by atoms with van der Waals surface area (Å²) in [5.74, 6) is 0.851. The molecule has 0 radical (unpaired) electrons. The Morgan fingerprint density at radius 3 is 2.31 bits per heavy atom. The maximum atomic E-state index is 6.10. The topological polar surface area (TPSA) is 31.4 Å². The highest BCUT2D eigenvalue weighted by molar-refractivity contribution is 6.35. The van der Waals surface area contributed by atoms with Gasteiger partial charge >= 0.3 is 0 Å². The standard InChI is InChI=1S/C20H26Cl2N4/c1-20(2,3)26-9-7-25(8-10-26)14-15-5-4-6-23-19(15)24-18-12-16(21)11-17(22)13-18/h4-6,11-13H,7-10,14H2,1-3H3,(H,23,24). The summed E-state index contributed by atoms with van der Waals surface area (Å²) in [6, 6.07) is 9.54. The zero-order valence-corrected chi connectivity index (χ0v) is 17.1. The van der Waals surface area contributed by atoms with Crippen LogP contribution in [-0.2, 0) is 6.54 Å². The van der Waals surface area contributed by atoms with Crippen molar-refractivity contribution in [1.29, 1.82) is 0 Å². The Balaban J connectivity index is 1.68. The van der Waals surface area contributed by atoms with E-state index in [-0.39, 0.29) is 5.54 Å². The lowest BCUT2D eigenvalue weighted by molar-refractivity contribution is 0.0591. The highest BCUT2D eigenvalue weighted by Gasteiger charge is 2.26. The van der Waals surface area contributed by atoms with Gasteiger partial charge in [-0.3, -0.25) is 9.80 Å². The molecule has 0 spiro atoms. The van der Waals surface area contributed by atoms with Crippen LogP contribution < -0.4 is 5.32 Å². The molecule has 0 bridgehead atoms. The van der Waals surface area contributed by atoms with Crippen LogP contribution in [0.4, 0.5) is 11.5 Å². The SMILES string of the molecule is CC(C)(C)N1CCN(Cc2cccnc2Nc2cc(Cl)cc(Cl)c2)CC1. The quantitative estimate of drug-likeness (QED) is 0.788. The molecule has 1 aliphatic rings. The molecular weight excluding hydrogens is 367 g/mol. The van der Waals surface area contributed by atoms with Crippen molar-refractivity contribution < 1.29 is 0 Å². The molecule has 0 unspecified atom stereocenters. The smallest absolute Gasteiger partial charge is 0.134 e. The lowest BCUT2D eigenvalue weighted by Crippen LogP contribution is -2.53. The van der Waals surface area contributed by atoms with Gasteiger partial charge in [-0.25, -0.2) is 4.98 Å². The Kier molecular flexibility index (Phi) is 6.08. The lowest BCUT2D eigenvalue weighted by atomic mass is 10.0. The van der Waals surface area contributed by atoms with Crippen LogP contribution in [0.2, 0.25) is 10.0 Å². The number of nitrogens with zero attached hydrogens (tertiary/aromatic N) is 3. The van der Waals surface area contributed by atoms with E-state index in [0.717, 1.165) is 44.2 Å². The van der Waals surface area contributed by atoms with E-state index in [4.69, 9.17) is 23.2 Å². The first-order valence-electron chi connectivity index (χ1n) is 8.96. The third-order valence-electron chi connectivity index (χ3n) is 4.73. The molecule has 0 aliphatic carbocycles. The van der Waals surface area contributed by atoms with E-state index in [1.807, 2.05) is 18.2 Å². The van der Waals surface area contributed by atoms with Crippen molar-refractivity contribution in [2.24, 2.45) is 0 Å². The van der Waals surface area contributed by atoms with Crippen molar-refractivity contribution in [1.82, 2.24) is 14.8 Å². The van der Waals surface area contributed by atoms with Gasteiger partial charge in [-0.15, -0.1) is 0 Å². The van der Waals surface area contributed by atoms with Crippen LogP contribution in [0.15, 0.2) is 36.5 Å². The second kappa shape index (κ2) is 8.13.